The minimum absolute atomic E-state index is 0.106. The van der Waals surface area contributed by atoms with Crippen molar-refractivity contribution < 1.29 is 14.6 Å². The zero-order valence-electron chi connectivity index (χ0n) is 21.8. The number of hydrogen-bond donors (Lipinski definition) is 3. The van der Waals surface area contributed by atoms with E-state index in [0.29, 0.717) is 23.7 Å². The zero-order valence-corrected chi connectivity index (χ0v) is 21.8. The van der Waals surface area contributed by atoms with E-state index in [2.05, 4.69) is 47.6 Å². The third kappa shape index (κ3) is 3.02. The summed E-state index contributed by atoms with van der Waals surface area (Å²) in [7, 11) is 0. The molecule has 1 unspecified atom stereocenters. The first kappa shape index (κ1) is 24.2. The summed E-state index contributed by atoms with van der Waals surface area (Å²) in [6, 6.07) is 0. The highest BCUT2D eigenvalue weighted by atomic mass is 16.7. The third-order valence-electron chi connectivity index (χ3n) is 11.9. The van der Waals surface area contributed by atoms with Gasteiger partial charge in [-0.3, -0.25) is 0 Å². The highest BCUT2D eigenvalue weighted by Gasteiger charge is 2.74. The van der Waals surface area contributed by atoms with Crippen molar-refractivity contribution in [1.82, 2.24) is 0 Å². The Balaban J connectivity index is 1.45. The number of aliphatic hydroxyl groups is 1. The minimum Gasteiger partial charge on any atom is -0.393 e. The van der Waals surface area contributed by atoms with Crippen LogP contribution in [-0.2, 0) is 9.47 Å². The molecule has 188 valence electrons. The summed E-state index contributed by atoms with van der Waals surface area (Å²) in [5.41, 5.74) is 15.4. The van der Waals surface area contributed by atoms with Crippen molar-refractivity contribution >= 4 is 0 Å². The average Bonchev–Trinajstić information content (AvgIpc) is 3.20. The molecule has 0 bridgehead atoms. The fraction of sp³-hybridized carbons (Fsp3) is 0.929. The summed E-state index contributed by atoms with van der Waals surface area (Å²) in [5, 5.41) is 10.3. The van der Waals surface area contributed by atoms with E-state index in [1.54, 1.807) is 0 Å². The van der Waals surface area contributed by atoms with E-state index in [1.807, 2.05) is 0 Å². The fourth-order valence-corrected chi connectivity index (χ4v) is 9.22. The van der Waals surface area contributed by atoms with E-state index in [4.69, 9.17) is 20.9 Å². The SMILES string of the molecule is CC[C@@H](C)CO[C@]1(C)O[C@H]2CC3[C@](C)(CC[C@]4(N)[C@@]5(C)CC[C@H](O)CC5=CC[C@@]34N)[C@H]2[C@@H]1C. The summed E-state index contributed by atoms with van der Waals surface area (Å²) in [4.78, 5) is 0. The van der Waals surface area contributed by atoms with Gasteiger partial charge in [0.25, 0.3) is 0 Å². The lowest BCUT2D eigenvalue weighted by atomic mass is 9.40. The fourth-order valence-electron chi connectivity index (χ4n) is 9.22. The molecular formula is C28H48N2O3. The van der Waals surface area contributed by atoms with Crippen molar-refractivity contribution in [2.75, 3.05) is 6.61 Å². The van der Waals surface area contributed by atoms with Gasteiger partial charge >= 0.3 is 0 Å². The Kier molecular flexibility index (Phi) is 5.53. The first-order chi connectivity index (χ1) is 15.3. The topological polar surface area (TPSA) is 90.7 Å². The van der Waals surface area contributed by atoms with E-state index >= 15 is 0 Å². The molecule has 4 aliphatic carbocycles. The van der Waals surface area contributed by atoms with Gasteiger partial charge in [0.05, 0.1) is 18.8 Å². The molecule has 5 heteroatoms. The highest BCUT2D eigenvalue weighted by Crippen LogP contribution is 2.71. The molecule has 3 saturated carbocycles. The molecule has 5 aliphatic rings. The molecule has 0 aromatic rings. The first-order valence-electron chi connectivity index (χ1n) is 13.6. The van der Waals surface area contributed by atoms with Crippen molar-refractivity contribution in [3.63, 3.8) is 0 Å². The number of rotatable bonds is 4. The molecule has 0 spiro atoms. The van der Waals surface area contributed by atoms with Crippen LogP contribution in [0.4, 0.5) is 0 Å². The van der Waals surface area contributed by atoms with Gasteiger partial charge in [0.15, 0.2) is 5.79 Å². The monoisotopic (exact) mass is 460 g/mol. The summed E-state index contributed by atoms with van der Waals surface area (Å²) in [6.45, 7) is 14.5. The van der Waals surface area contributed by atoms with Crippen LogP contribution >= 0.6 is 0 Å². The van der Waals surface area contributed by atoms with Crippen LogP contribution in [0.2, 0.25) is 0 Å². The van der Waals surface area contributed by atoms with Crippen LogP contribution in [0.25, 0.3) is 0 Å². The predicted octanol–water partition coefficient (Wildman–Crippen LogP) is 4.51. The summed E-state index contributed by atoms with van der Waals surface area (Å²) in [6.07, 6.45) is 9.77. The molecule has 0 amide bonds. The van der Waals surface area contributed by atoms with Gasteiger partial charge in [0, 0.05) is 22.4 Å². The Morgan fingerprint density at radius 3 is 2.64 bits per heavy atom. The molecule has 33 heavy (non-hydrogen) atoms. The van der Waals surface area contributed by atoms with E-state index in [9.17, 15) is 5.11 Å². The molecule has 4 fully saturated rings. The maximum absolute atomic E-state index is 10.3. The van der Waals surface area contributed by atoms with Crippen LogP contribution in [0.1, 0.15) is 92.9 Å². The largest absolute Gasteiger partial charge is 0.393 e. The molecule has 11 atom stereocenters. The normalized spacial score (nSPS) is 56.4. The molecular weight excluding hydrogens is 412 g/mol. The molecule has 5 N–H and O–H groups in total. The van der Waals surface area contributed by atoms with Crippen molar-refractivity contribution in [2.24, 2.45) is 46.0 Å². The highest BCUT2D eigenvalue weighted by molar-refractivity contribution is 5.38. The third-order valence-corrected chi connectivity index (χ3v) is 11.9. The summed E-state index contributed by atoms with van der Waals surface area (Å²) in [5.74, 6) is 1.13. The smallest absolute Gasteiger partial charge is 0.168 e. The predicted molar refractivity (Wildman–Crippen MR) is 131 cm³/mol. The van der Waals surface area contributed by atoms with E-state index in [-0.39, 0.29) is 23.0 Å². The van der Waals surface area contributed by atoms with Gasteiger partial charge in [0.2, 0.25) is 0 Å². The van der Waals surface area contributed by atoms with Crippen molar-refractivity contribution in [3.8, 4) is 0 Å². The molecule has 5 nitrogen and oxygen atoms in total. The Morgan fingerprint density at radius 2 is 1.94 bits per heavy atom. The number of aliphatic hydroxyl groups excluding tert-OH is 1. The molecule has 5 rings (SSSR count). The van der Waals surface area contributed by atoms with Gasteiger partial charge in [0.1, 0.15) is 0 Å². The number of hydrogen-bond acceptors (Lipinski definition) is 5. The van der Waals surface area contributed by atoms with Crippen molar-refractivity contribution in [3.05, 3.63) is 11.6 Å². The molecule has 0 radical (unpaired) electrons. The van der Waals surface area contributed by atoms with Crippen LogP contribution in [0.5, 0.6) is 0 Å². The van der Waals surface area contributed by atoms with Gasteiger partial charge in [-0.1, -0.05) is 52.7 Å². The number of fused-ring (bicyclic) bond motifs is 7. The second kappa shape index (κ2) is 7.52. The second-order valence-electron chi connectivity index (χ2n) is 13.3. The number of nitrogens with two attached hydrogens (primary N) is 2. The Morgan fingerprint density at radius 1 is 1.21 bits per heavy atom. The Labute approximate surface area is 201 Å². The van der Waals surface area contributed by atoms with Crippen LogP contribution in [-0.4, -0.2) is 40.8 Å². The van der Waals surface area contributed by atoms with Gasteiger partial charge in [-0.05, 0) is 75.0 Å². The van der Waals surface area contributed by atoms with Crippen LogP contribution in [0.15, 0.2) is 11.6 Å². The van der Waals surface area contributed by atoms with Gasteiger partial charge in [-0.25, -0.2) is 0 Å². The first-order valence-corrected chi connectivity index (χ1v) is 13.6. The van der Waals surface area contributed by atoms with Crippen molar-refractivity contribution in [1.29, 1.82) is 0 Å². The Hall–Kier alpha value is -0.460. The lowest BCUT2D eigenvalue weighted by molar-refractivity contribution is -0.240. The van der Waals surface area contributed by atoms with E-state index < -0.39 is 16.9 Å². The second-order valence-corrected chi connectivity index (χ2v) is 13.3. The average molecular weight is 461 g/mol. The maximum atomic E-state index is 10.3. The zero-order chi connectivity index (χ0) is 24.0. The lowest BCUT2D eigenvalue weighted by Gasteiger charge is -2.68. The minimum atomic E-state index is -0.517. The molecule has 0 aromatic heterocycles. The molecule has 1 heterocycles. The summed E-state index contributed by atoms with van der Waals surface area (Å²) >= 11 is 0. The quantitative estimate of drug-likeness (QED) is 0.537. The standard InChI is InChI=1S/C28H48N2O3/c1-7-17(2)16-32-26(6)18(3)23-21(33-26)15-22-24(23,4)12-13-28(30)25(5)10-9-20(31)14-19(25)8-11-27(22,28)29/h8,17-18,20-23,31H,7,9-16,29-30H2,1-6H3/t17-,18+,20+,21+,22?,23+,24+,25+,26-,27-,28+/m1/s1. The van der Waals surface area contributed by atoms with Gasteiger partial charge in [-0.15, -0.1) is 0 Å². The summed E-state index contributed by atoms with van der Waals surface area (Å²) < 4.78 is 13.2. The molecule has 1 saturated heterocycles. The molecule has 0 aromatic carbocycles. The lowest BCUT2D eigenvalue weighted by Crippen LogP contribution is -2.80. The Bertz CT molecular complexity index is 832. The number of ether oxygens (including phenoxy) is 2. The van der Waals surface area contributed by atoms with E-state index in [0.717, 1.165) is 58.0 Å². The van der Waals surface area contributed by atoms with Gasteiger partial charge < -0.3 is 26.0 Å². The van der Waals surface area contributed by atoms with Crippen LogP contribution < -0.4 is 11.5 Å². The van der Waals surface area contributed by atoms with Crippen LogP contribution in [0.3, 0.4) is 0 Å². The van der Waals surface area contributed by atoms with Crippen LogP contribution in [0, 0.1) is 34.5 Å². The van der Waals surface area contributed by atoms with Gasteiger partial charge in [-0.2, -0.15) is 0 Å². The maximum Gasteiger partial charge on any atom is 0.168 e. The molecule has 1 aliphatic heterocycles. The van der Waals surface area contributed by atoms with E-state index in [1.165, 1.54) is 5.57 Å². The van der Waals surface area contributed by atoms with Crippen molar-refractivity contribution in [2.45, 2.75) is 122 Å².